The molecule has 0 aromatic rings. The number of ether oxygens (including phenoxy) is 4. The Morgan fingerprint density at radius 2 is 1.59 bits per heavy atom. The van der Waals surface area contributed by atoms with Crippen LogP contribution in [0.1, 0.15) is 58.8 Å². The van der Waals surface area contributed by atoms with Gasteiger partial charge in [-0.15, -0.1) is 0 Å². The maximum Gasteiger partial charge on any atom is 0.332 e. The number of carbonyl (C=O) groups excluding carboxylic acids is 4. The van der Waals surface area contributed by atoms with Gasteiger partial charge in [0, 0.05) is 12.0 Å². The van der Waals surface area contributed by atoms with Crippen molar-refractivity contribution in [2.45, 2.75) is 87.8 Å². The number of rotatable bonds is 11. The zero-order chi connectivity index (χ0) is 31.1. The first kappa shape index (κ1) is 32.0. The Balaban J connectivity index is 0.00000384. The first-order chi connectivity index (χ1) is 20.1. The van der Waals surface area contributed by atoms with E-state index in [1.807, 2.05) is 13.8 Å². The van der Waals surface area contributed by atoms with Gasteiger partial charge in [0.25, 0.3) is 5.25 Å². The fourth-order valence-corrected chi connectivity index (χ4v) is 9.66. The van der Waals surface area contributed by atoms with Gasteiger partial charge < -0.3 is 28.4 Å². The minimum atomic E-state index is -6.09. The van der Waals surface area contributed by atoms with Crippen LogP contribution < -0.4 is 0 Å². The number of hydrogen-bond acceptors (Lipinski definition) is 11. The van der Waals surface area contributed by atoms with Crippen LogP contribution in [-0.2, 0) is 48.2 Å². The smallest absolute Gasteiger partial charge is 0.332 e. The number of amides is 1. The molecule has 0 spiro atoms. The molecule has 1 aliphatic heterocycles. The molecule has 0 radical (unpaired) electrons. The molecule has 0 aromatic carbocycles. The van der Waals surface area contributed by atoms with Crippen LogP contribution in [0.25, 0.3) is 0 Å². The second-order valence-electron chi connectivity index (χ2n) is 13.5. The van der Waals surface area contributed by atoms with Crippen LogP contribution in [0.15, 0.2) is 0 Å². The summed E-state index contributed by atoms with van der Waals surface area (Å²) in [6.45, 7) is 1.19. The van der Waals surface area contributed by atoms with Gasteiger partial charge in [-0.1, -0.05) is 6.61 Å². The zero-order valence-electron chi connectivity index (χ0n) is 24.5. The molecule has 6 atom stereocenters. The Labute approximate surface area is 247 Å². The molecule has 6 unspecified atom stereocenters. The molecule has 44 heavy (non-hydrogen) atoms. The summed E-state index contributed by atoms with van der Waals surface area (Å²) in [4.78, 5) is 53.5. The second kappa shape index (κ2) is 10.9. The van der Waals surface area contributed by atoms with Crippen molar-refractivity contribution in [2.75, 3.05) is 13.2 Å². The molecule has 242 valence electrons. The topological polar surface area (TPSA) is 166 Å². The number of esters is 3. The van der Waals surface area contributed by atoms with E-state index in [2.05, 4.69) is 4.74 Å². The summed E-state index contributed by atoms with van der Waals surface area (Å²) in [7, 11) is -6.09. The van der Waals surface area contributed by atoms with Gasteiger partial charge in [-0.3, -0.25) is 14.4 Å². The number of carbonyl (C=O) groups is 4. The molecule has 0 aromatic heterocycles. The van der Waals surface area contributed by atoms with Crippen LogP contribution in [0, 0.1) is 48.0 Å². The molecule has 1 amide bonds. The molecule has 6 bridgehead atoms. The molecule has 1 heterocycles. The SMILES string of the molecule is CC(C)N1C(=O)C2C3CC(C(OC(=O)COCC(=O)O[CH-]C(F)(F)S(=O)(=O)[O-])C31)C2C(=O)OC12CC3CC(CC(C3)C1)C2.[Rf]. The quantitative estimate of drug-likeness (QED) is 0.129. The normalized spacial score (nSPS) is 38.2. The summed E-state index contributed by atoms with van der Waals surface area (Å²) in [6, 6.07) is -0.632. The minimum Gasteiger partial charge on any atom is -0.746 e. The van der Waals surface area contributed by atoms with Crippen molar-refractivity contribution >= 4 is 33.9 Å². The van der Waals surface area contributed by atoms with E-state index in [9.17, 15) is 40.9 Å². The Bertz CT molecular complexity index is 1270. The number of alkyl halides is 2. The van der Waals surface area contributed by atoms with Crippen molar-refractivity contribution in [2.24, 2.45) is 41.4 Å². The number of nitrogens with zero attached hydrogens (tertiary/aromatic N) is 1. The first-order valence-electron chi connectivity index (χ1n) is 14.8. The fraction of sp³-hybridized carbons (Fsp3) is 0.821. The molecule has 12 nitrogen and oxygen atoms in total. The third-order valence-electron chi connectivity index (χ3n) is 10.4. The maximum atomic E-state index is 13.9. The predicted molar refractivity (Wildman–Crippen MR) is 137 cm³/mol. The van der Waals surface area contributed by atoms with E-state index in [0.717, 1.165) is 19.3 Å². The Kier molecular flexibility index (Phi) is 7.93. The molecule has 16 heteroatoms. The Morgan fingerprint density at radius 1 is 1.02 bits per heavy atom. The number of halogens is 2. The predicted octanol–water partition coefficient (Wildman–Crippen LogP) is 1.77. The first-order valence-corrected chi connectivity index (χ1v) is 16.2. The van der Waals surface area contributed by atoms with Crippen LogP contribution in [0.5, 0.6) is 0 Å². The van der Waals surface area contributed by atoms with Gasteiger partial charge in [0.2, 0.25) is 5.91 Å². The van der Waals surface area contributed by atoms with Crippen molar-refractivity contribution in [1.29, 1.82) is 0 Å². The van der Waals surface area contributed by atoms with E-state index >= 15 is 0 Å². The average Bonchev–Trinajstić information content (AvgIpc) is 3.49. The third-order valence-corrected chi connectivity index (χ3v) is 11.2. The number of fused-ring (bicyclic) bond motifs is 1. The monoisotopic (exact) mass is 898 g/mol. The van der Waals surface area contributed by atoms with Crippen LogP contribution in [0.2, 0.25) is 0 Å². The summed E-state index contributed by atoms with van der Waals surface area (Å²) < 4.78 is 78.6. The van der Waals surface area contributed by atoms with Crippen LogP contribution in [0.3, 0.4) is 0 Å². The molecule has 7 aliphatic rings. The number of likely N-dealkylation sites (tertiary alicyclic amines) is 1. The molecular formula is C28H35F2NO11RfS-2. The van der Waals surface area contributed by atoms with Crippen molar-refractivity contribution in [3.8, 4) is 0 Å². The van der Waals surface area contributed by atoms with Gasteiger partial charge >= 0.3 is 17.9 Å². The van der Waals surface area contributed by atoms with Gasteiger partial charge in [0.05, 0.1) is 17.9 Å². The average molecular weight is 899 g/mol. The standard InChI is InChI=1S/C28H36F2NO11S.Rf/c1-13(2)31-23-17-6-18(24(23)41-20(33)11-39-10-19(32)40-12-28(29,30)43(36,37)38)22(21(17)25(31)34)26(35)42-27-7-14-3-15(8-27)5-16(4-14)9-27;/h12-18,21-24H,3-11H2,1-2H3,(H,36,37,38);/q-1;/p-1. The maximum absolute atomic E-state index is 13.9. The minimum absolute atomic E-state index is 0. The molecule has 7 fully saturated rings. The van der Waals surface area contributed by atoms with Gasteiger partial charge in [-0.25, -0.2) is 22.0 Å². The number of hydrogen-bond donors (Lipinski definition) is 0. The van der Waals surface area contributed by atoms with E-state index in [1.165, 1.54) is 19.3 Å². The third kappa shape index (κ3) is 5.29. The largest absolute Gasteiger partial charge is 0.746 e. The van der Waals surface area contributed by atoms with Crippen molar-refractivity contribution in [3.63, 3.8) is 0 Å². The second-order valence-corrected chi connectivity index (χ2v) is 15.0. The molecule has 1 saturated heterocycles. The van der Waals surface area contributed by atoms with Crippen molar-refractivity contribution < 1.29 is 59.9 Å². The van der Waals surface area contributed by atoms with E-state index < -0.39 is 88.6 Å². The van der Waals surface area contributed by atoms with Crippen LogP contribution in [0.4, 0.5) is 8.78 Å². The molecule has 7 rings (SSSR count). The fourth-order valence-electron chi connectivity index (χ4n) is 9.49. The van der Waals surface area contributed by atoms with Gasteiger partial charge in [0.15, 0.2) is 0 Å². The van der Waals surface area contributed by atoms with E-state index in [1.54, 1.807) is 4.90 Å². The summed E-state index contributed by atoms with van der Waals surface area (Å²) in [6.07, 6.45) is 5.82. The van der Waals surface area contributed by atoms with Gasteiger partial charge in [-0.05, 0) is 82.5 Å². The van der Waals surface area contributed by atoms with Crippen molar-refractivity contribution in [1.82, 2.24) is 4.90 Å². The van der Waals surface area contributed by atoms with E-state index in [-0.39, 0.29) is 17.9 Å². The van der Waals surface area contributed by atoms with E-state index in [0.29, 0.717) is 24.2 Å². The summed E-state index contributed by atoms with van der Waals surface area (Å²) in [5.74, 6) is -3.13. The van der Waals surface area contributed by atoms with Gasteiger partial charge in [-0.2, -0.15) is 0 Å². The van der Waals surface area contributed by atoms with Crippen LogP contribution >= 0.6 is 0 Å². The van der Waals surface area contributed by atoms with E-state index in [4.69, 9.17) is 14.2 Å². The Morgan fingerprint density at radius 3 is 2.14 bits per heavy atom. The van der Waals surface area contributed by atoms with Crippen LogP contribution in [-0.4, -0.2) is 83.9 Å². The molecule has 6 aliphatic carbocycles. The summed E-state index contributed by atoms with van der Waals surface area (Å²) in [5.41, 5.74) is -0.486. The summed E-state index contributed by atoms with van der Waals surface area (Å²) in [5, 5.41) is -4.93. The molecule has 0 N–H and O–H groups in total. The molecule has 6 saturated carbocycles. The Hall–Kier alpha value is -3.39. The van der Waals surface area contributed by atoms with Crippen molar-refractivity contribution in [3.05, 3.63) is 6.61 Å². The zero-order valence-corrected chi connectivity index (χ0v) is 31.7. The van der Waals surface area contributed by atoms with Gasteiger partial charge in [0.1, 0.15) is 35.0 Å². The molecular weight excluding hydrogens is 863 g/mol. The summed E-state index contributed by atoms with van der Waals surface area (Å²) >= 11 is 0.